The molecule has 0 aliphatic rings. The van der Waals surface area contributed by atoms with Crippen LogP contribution in [0.15, 0.2) is 29.2 Å². The monoisotopic (exact) mass is 281 g/mol. The molecule has 0 saturated carbocycles. The number of alkyl halides is 1. The number of hydrogen-bond acceptors (Lipinski definition) is 3. The molecule has 0 aliphatic heterocycles. The van der Waals surface area contributed by atoms with Crippen LogP contribution in [0.1, 0.15) is 6.42 Å². The van der Waals surface area contributed by atoms with Crippen LogP contribution in [0.4, 0.5) is 0 Å². The van der Waals surface area contributed by atoms with E-state index in [2.05, 4.69) is 0 Å². The largest absolute Gasteiger partial charge is 0.493 e. The fourth-order valence-electron chi connectivity index (χ4n) is 1.86. The van der Waals surface area contributed by atoms with Gasteiger partial charge in [0, 0.05) is 19.1 Å². The normalized spacial score (nSPS) is 10.7. The Morgan fingerprint density at radius 2 is 2.11 bits per heavy atom. The van der Waals surface area contributed by atoms with E-state index in [1.165, 1.54) is 4.57 Å². The summed E-state index contributed by atoms with van der Waals surface area (Å²) in [4.78, 5) is 12.1. The van der Waals surface area contributed by atoms with Gasteiger partial charge in [0.1, 0.15) is 0 Å². The van der Waals surface area contributed by atoms with Crippen molar-refractivity contribution in [1.82, 2.24) is 4.57 Å². The number of aromatic nitrogens is 1. The van der Waals surface area contributed by atoms with Gasteiger partial charge in [-0.1, -0.05) is 0 Å². The maximum atomic E-state index is 12.1. The number of halogens is 1. The van der Waals surface area contributed by atoms with E-state index in [0.29, 0.717) is 29.4 Å². The summed E-state index contributed by atoms with van der Waals surface area (Å²) in [5.74, 6) is 1.73. The van der Waals surface area contributed by atoms with Crippen molar-refractivity contribution in [2.45, 2.75) is 6.42 Å². The molecule has 1 aromatic carbocycles. The summed E-state index contributed by atoms with van der Waals surface area (Å²) in [6.07, 6.45) is 2.48. The zero-order valence-corrected chi connectivity index (χ0v) is 11.7. The first-order chi connectivity index (χ1) is 9.17. The van der Waals surface area contributed by atoms with E-state index in [1.807, 2.05) is 12.1 Å². The van der Waals surface area contributed by atoms with Crippen molar-refractivity contribution in [2.75, 3.05) is 19.6 Å². The van der Waals surface area contributed by atoms with Gasteiger partial charge >= 0.3 is 0 Å². The van der Waals surface area contributed by atoms with Crippen LogP contribution in [0, 0.1) is 0 Å². The first kappa shape index (κ1) is 13.7. The molecule has 0 N–H and O–H groups in total. The molecule has 2 rings (SSSR count). The zero-order chi connectivity index (χ0) is 13.8. The molecular formula is C14H16ClNO3. The molecular weight excluding hydrogens is 266 g/mol. The Morgan fingerprint density at radius 3 is 2.79 bits per heavy atom. The van der Waals surface area contributed by atoms with Crippen LogP contribution in [0.3, 0.4) is 0 Å². The lowest BCUT2D eigenvalue weighted by molar-refractivity contribution is 0.295. The fraction of sp³-hybridized carbons (Fsp3) is 0.357. The average Bonchev–Trinajstić information content (AvgIpc) is 2.43. The molecule has 1 heterocycles. The SMILES string of the molecule is COc1cc2ccn(C)c(=O)c2cc1OCCCCl. The summed E-state index contributed by atoms with van der Waals surface area (Å²) in [6, 6.07) is 5.42. The number of ether oxygens (including phenoxy) is 2. The number of hydrogen-bond donors (Lipinski definition) is 0. The van der Waals surface area contributed by atoms with Gasteiger partial charge in [-0.25, -0.2) is 0 Å². The molecule has 1 aromatic heterocycles. The predicted molar refractivity (Wildman–Crippen MR) is 76.6 cm³/mol. The minimum atomic E-state index is -0.0534. The van der Waals surface area contributed by atoms with E-state index in [1.54, 1.807) is 26.4 Å². The lowest BCUT2D eigenvalue weighted by Gasteiger charge is -2.12. The molecule has 19 heavy (non-hydrogen) atoms. The van der Waals surface area contributed by atoms with Crippen LogP contribution in [0.25, 0.3) is 10.8 Å². The molecule has 0 saturated heterocycles. The van der Waals surface area contributed by atoms with Crippen LogP contribution in [0.2, 0.25) is 0 Å². The van der Waals surface area contributed by atoms with Crippen molar-refractivity contribution in [3.05, 3.63) is 34.7 Å². The maximum Gasteiger partial charge on any atom is 0.258 e. The quantitative estimate of drug-likeness (QED) is 0.625. The number of pyridine rings is 1. The highest BCUT2D eigenvalue weighted by atomic mass is 35.5. The predicted octanol–water partition coefficient (Wildman–Crippen LogP) is 2.55. The van der Waals surface area contributed by atoms with E-state index in [4.69, 9.17) is 21.1 Å². The van der Waals surface area contributed by atoms with Crippen LogP contribution >= 0.6 is 11.6 Å². The van der Waals surface area contributed by atoms with Crippen molar-refractivity contribution in [1.29, 1.82) is 0 Å². The summed E-state index contributed by atoms with van der Waals surface area (Å²) in [5.41, 5.74) is -0.0534. The smallest absolute Gasteiger partial charge is 0.258 e. The highest BCUT2D eigenvalue weighted by Gasteiger charge is 2.09. The minimum Gasteiger partial charge on any atom is -0.493 e. The second kappa shape index (κ2) is 5.97. The standard InChI is InChI=1S/C14H16ClNO3/c1-16-6-4-10-8-12(18-2)13(19-7-3-5-15)9-11(10)14(16)17/h4,6,8-9H,3,5,7H2,1-2H3. The van der Waals surface area contributed by atoms with E-state index in [0.717, 1.165) is 11.8 Å². The first-order valence-electron chi connectivity index (χ1n) is 6.03. The topological polar surface area (TPSA) is 40.5 Å². The molecule has 0 radical (unpaired) electrons. The van der Waals surface area contributed by atoms with Crippen molar-refractivity contribution >= 4 is 22.4 Å². The number of fused-ring (bicyclic) bond motifs is 1. The Balaban J connectivity index is 2.49. The molecule has 102 valence electrons. The van der Waals surface area contributed by atoms with Gasteiger partial charge in [0.25, 0.3) is 5.56 Å². The minimum absolute atomic E-state index is 0.0534. The van der Waals surface area contributed by atoms with Crippen molar-refractivity contribution < 1.29 is 9.47 Å². The molecule has 2 aromatic rings. The average molecular weight is 282 g/mol. The van der Waals surface area contributed by atoms with Crippen LogP contribution in [-0.2, 0) is 7.05 Å². The van der Waals surface area contributed by atoms with Gasteiger partial charge in [-0.15, -0.1) is 11.6 Å². The Labute approximate surface area is 116 Å². The van der Waals surface area contributed by atoms with E-state index >= 15 is 0 Å². The van der Waals surface area contributed by atoms with Crippen molar-refractivity contribution in [2.24, 2.45) is 7.05 Å². The summed E-state index contributed by atoms with van der Waals surface area (Å²) in [6.45, 7) is 0.499. The van der Waals surface area contributed by atoms with Gasteiger partial charge in [0.2, 0.25) is 0 Å². The van der Waals surface area contributed by atoms with Crippen molar-refractivity contribution in [3.8, 4) is 11.5 Å². The summed E-state index contributed by atoms with van der Waals surface area (Å²) in [5, 5.41) is 1.45. The lowest BCUT2D eigenvalue weighted by atomic mass is 10.1. The van der Waals surface area contributed by atoms with Crippen LogP contribution in [0.5, 0.6) is 11.5 Å². The van der Waals surface area contributed by atoms with Crippen molar-refractivity contribution in [3.63, 3.8) is 0 Å². The third kappa shape index (κ3) is 2.84. The van der Waals surface area contributed by atoms with Gasteiger partial charge in [0.15, 0.2) is 11.5 Å². The summed E-state index contributed by atoms with van der Waals surface area (Å²) >= 11 is 5.62. The number of nitrogens with zero attached hydrogens (tertiary/aromatic N) is 1. The maximum absolute atomic E-state index is 12.1. The van der Waals surface area contributed by atoms with Crippen LogP contribution in [-0.4, -0.2) is 24.2 Å². The molecule has 0 aliphatic carbocycles. The van der Waals surface area contributed by atoms with Gasteiger partial charge in [-0.3, -0.25) is 4.79 Å². The lowest BCUT2D eigenvalue weighted by Crippen LogP contribution is -2.15. The molecule has 0 fully saturated rings. The van der Waals surface area contributed by atoms with E-state index < -0.39 is 0 Å². The van der Waals surface area contributed by atoms with Crippen LogP contribution < -0.4 is 15.0 Å². The first-order valence-corrected chi connectivity index (χ1v) is 6.57. The Hall–Kier alpha value is -1.68. The Bertz CT molecular complexity index is 636. The summed E-state index contributed by atoms with van der Waals surface area (Å²) < 4.78 is 12.4. The molecule has 0 unspecified atom stereocenters. The van der Waals surface area contributed by atoms with Gasteiger partial charge in [0.05, 0.1) is 19.1 Å². The number of methoxy groups -OCH3 is 1. The third-order valence-electron chi connectivity index (χ3n) is 2.90. The second-order valence-electron chi connectivity index (χ2n) is 4.21. The zero-order valence-electron chi connectivity index (χ0n) is 11.0. The highest BCUT2D eigenvalue weighted by molar-refractivity contribution is 6.17. The molecule has 0 atom stereocenters. The number of aryl methyl sites for hydroxylation is 1. The molecule has 0 bridgehead atoms. The molecule has 0 spiro atoms. The molecule has 0 amide bonds. The fourth-order valence-corrected chi connectivity index (χ4v) is 1.97. The van der Waals surface area contributed by atoms with E-state index in [9.17, 15) is 4.79 Å². The molecule has 4 nitrogen and oxygen atoms in total. The molecule has 5 heteroatoms. The van der Waals surface area contributed by atoms with Gasteiger partial charge < -0.3 is 14.0 Å². The summed E-state index contributed by atoms with van der Waals surface area (Å²) in [7, 11) is 3.30. The van der Waals surface area contributed by atoms with E-state index in [-0.39, 0.29) is 5.56 Å². The number of benzene rings is 1. The Kier molecular flexibility index (Phi) is 4.32. The van der Waals surface area contributed by atoms with Gasteiger partial charge in [-0.2, -0.15) is 0 Å². The third-order valence-corrected chi connectivity index (χ3v) is 3.17. The number of rotatable bonds is 5. The second-order valence-corrected chi connectivity index (χ2v) is 4.59. The Morgan fingerprint density at radius 1 is 1.32 bits per heavy atom. The highest BCUT2D eigenvalue weighted by Crippen LogP contribution is 2.31. The van der Waals surface area contributed by atoms with Gasteiger partial charge in [-0.05, 0) is 30.0 Å².